The zero-order valence-corrected chi connectivity index (χ0v) is 13.2. The number of nitrogens with two attached hydrogens (primary N) is 1. The van der Waals surface area contributed by atoms with Gasteiger partial charge in [-0.1, -0.05) is 25.1 Å². The van der Waals surface area contributed by atoms with Gasteiger partial charge in [0.2, 0.25) is 0 Å². The number of methoxy groups -OCH3 is 1. The van der Waals surface area contributed by atoms with Crippen LogP contribution in [0.3, 0.4) is 0 Å². The highest BCUT2D eigenvalue weighted by Gasteiger charge is 2.22. The molecule has 0 spiro atoms. The van der Waals surface area contributed by atoms with E-state index < -0.39 is 0 Å². The molecule has 21 heavy (non-hydrogen) atoms. The number of hydrogen-bond donors (Lipinski definition) is 2. The zero-order chi connectivity index (χ0) is 15.4. The summed E-state index contributed by atoms with van der Waals surface area (Å²) in [6.45, 7) is 7.17. The molecule has 1 aromatic heterocycles. The van der Waals surface area contributed by atoms with Crippen LogP contribution >= 0.6 is 0 Å². The molecule has 0 aliphatic heterocycles. The minimum atomic E-state index is -0.145. The van der Waals surface area contributed by atoms with Gasteiger partial charge in [0.1, 0.15) is 5.69 Å². The van der Waals surface area contributed by atoms with Crippen LogP contribution in [0.2, 0.25) is 0 Å². The molecule has 0 saturated heterocycles. The third-order valence-corrected chi connectivity index (χ3v) is 3.80. The number of aromatic nitrogens is 2. The molecular formula is C16H24N4O. The minimum absolute atomic E-state index is 0.145. The second kappa shape index (κ2) is 6.74. The fourth-order valence-electron chi connectivity index (χ4n) is 2.49. The van der Waals surface area contributed by atoms with Gasteiger partial charge < -0.3 is 4.74 Å². The van der Waals surface area contributed by atoms with Crippen molar-refractivity contribution in [2.24, 2.45) is 5.84 Å². The van der Waals surface area contributed by atoms with E-state index in [-0.39, 0.29) is 6.04 Å². The van der Waals surface area contributed by atoms with Crippen molar-refractivity contribution in [3.05, 3.63) is 46.8 Å². The van der Waals surface area contributed by atoms with E-state index in [0.717, 1.165) is 30.0 Å². The van der Waals surface area contributed by atoms with Gasteiger partial charge in [0.15, 0.2) is 5.75 Å². The predicted molar refractivity (Wildman–Crippen MR) is 84.2 cm³/mol. The van der Waals surface area contributed by atoms with Crippen molar-refractivity contribution in [1.82, 2.24) is 15.2 Å². The summed E-state index contributed by atoms with van der Waals surface area (Å²) in [5.41, 5.74) is 7.48. The topological polar surface area (TPSA) is 65.1 Å². The van der Waals surface area contributed by atoms with E-state index in [1.165, 1.54) is 11.1 Å². The summed E-state index contributed by atoms with van der Waals surface area (Å²) in [6.07, 6.45) is 2.75. The van der Waals surface area contributed by atoms with E-state index >= 15 is 0 Å². The standard InChI is InChI=1S/C16H24N4O/c1-5-8-20-16(14(21-4)10-18-20)15(19-17)13-7-6-11(2)12(3)9-13/h6-7,9-10,15,19H,5,8,17H2,1-4H3. The highest BCUT2D eigenvalue weighted by Crippen LogP contribution is 2.30. The van der Waals surface area contributed by atoms with Crippen molar-refractivity contribution < 1.29 is 4.74 Å². The van der Waals surface area contributed by atoms with E-state index in [1.807, 2.05) is 4.68 Å². The van der Waals surface area contributed by atoms with Crippen molar-refractivity contribution in [2.45, 2.75) is 39.8 Å². The lowest BCUT2D eigenvalue weighted by Crippen LogP contribution is -2.31. The Hall–Kier alpha value is -1.85. The molecule has 3 N–H and O–H groups in total. The molecule has 5 nitrogen and oxygen atoms in total. The second-order valence-electron chi connectivity index (χ2n) is 5.26. The van der Waals surface area contributed by atoms with Gasteiger partial charge in [-0.25, -0.2) is 5.43 Å². The first-order valence-electron chi connectivity index (χ1n) is 7.25. The third-order valence-electron chi connectivity index (χ3n) is 3.80. The Bertz CT molecular complexity index is 606. The molecule has 1 heterocycles. The molecule has 1 unspecified atom stereocenters. The minimum Gasteiger partial charge on any atom is -0.493 e. The number of nitrogens with zero attached hydrogens (tertiary/aromatic N) is 2. The third kappa shape index (κ3) is 3.09. The van der Waals surface area contributed by atoms with Gasteiger partial charge >= 0.3 is 0 Å². The van der Waals surface area contributed by atoms with Crippen molar-refractivity contribution in [2.75, 3.05) is 7.11 Å². The van der Waals surface area contributed by atoms with Gasteiger partial charge in [0.05, 0.1) is 19.3 Å². The van der Waals surface area contributed by atoms with Crippen LogP contribution in [0.15, 0.2) is 24.4 Å². The van der Waals surface area contributed by atoms with Crippen LogP contribution in [-0.2, 0) is 6.54 Å². The summed E-state index contributed by atoms with van der Waals surface area (Å²) in [5, 5.41) is 4.41. The highest BCUT2D eigenvalue weighted by molar-refractivity contribution is 5.39. The molecule has 0 amide bonds. The number of hydrogen-bond acceptors (Lipinski definition) is 4. The molecular weight excluding hydrogens is 264 g/mol. The summed E-state index contributed by atoms with van der Waals surface area (Å²) >= 11 is 0. The van der Waals surface area contributed by atoms with E-state index in [1.54, 1.807) is 13.3 Å². The van der Waals surface area contributed by atoms with Crippen LogP contribution < -0.4 is 16.0 Å². The average molecular weight is 288 g/mol. The summed E-state index contributed by atoms with van der Waals surface area (Å²) in [4.78, 5) is 0. The number of aryl methyl sites for hydroxylation is 3. The molecule has 0 saturated carbocycles. The number of rotatable bonds is 6. The zero-order valence-electron chi connectivity index (χ0n) is 13.2. The van der Waals surface area contributed by atoms with Crippen LogP contribution in [0.25, 0.3) is 0 Å². The lowest BCUT2D eigenvalue weighted by atomic mass is 9.99. The van der Waals surface area contributed by atoms with Crippen molar-refractivity contribution in [3.8, 4) is 5.75 Å². The largest absolute Gasteiger partial charge is 0.493 e. The normalized spacial score (nSPS) is 12.4. The summed E-state index contributed by atoms with van der Waals surface area (Å²) in [7, 11) is 1.66. The maximum Gasteiger partial charge on any atom is 0.161 e. The van der Waals surface area contributed by atoms with Crippen molar-refractivity contribution >= 4 is 0 Å². The van der Waals surface area contributed by atoms with Crippen LogP contribution in [0.5, 0.6) is 5.75 Å². The number of ether oxygens (including phenoxy) is 1. The van der Waals surface area contributed by atoms with Gasteiger partial charge in [-0.05, 0) is 37.0 Å². The molecule has 2 aromatic rings. The first kappa shape index (κ1) is 15.5. The quantitative estimate of drug-likeness (QED) is 0.633. The van der Waals surface area contributed by atoms with Crippen LogP contribution in [-0.4, -0.2) is 16.9 Å². The lowest BCUT2D eigenvalue weighted by molar-refractivity contribution is 0.398. The average Bonchev–Trinajstić information content (AvgIpc) is 2.87. The van der Waals surface area contributed by atoms with Gasteiger partial charge in [0.25, 0.3) is 0 Å². The molecule has 0 radical (unpaired) electrons. The molecule has 0 aliphatic carbocycles. The fraction of sp³-hybridized carbons (Fsp3) is 0.438. The maximum absolute atomic E-state index is 5.83. The summed E-state index contributed by atoms with van der Waals surface area (Å²) < 4.78 is 7.41. The number of benzene rings is 1. The van der Waals surface area contributed by atoms with E-state index in [4.69, 9.17) is 10.6 Å². The van der Waals surface area contributed by atoms with Crippen LogP contribution in [0, 0.1) is 13.8 Å². The van der Waals surface area contributed by atoms with Crippen molar-refractivity contribution in [1.29, 1.82) is 0 Å². The summed E-state index contributed by atoms with van der Waals surface area (Å²) in [6, 6.07) is 6.22. The van der Waals surface area contributed by atoms with Crippen LogP contribution in [0.1, 0.15) is 41.8 Å². The molecule has 1 aromatic carbocycles. The van der Waals surface area contributed by atoms with Gasteiger partial charge in [-0.3, -0.25) is 10.5 Å². The second-order valence-corrected chi connectivity index (χ2v) is 5.26. The van der Waals surface area contributed by atoms with Gasteiger partial charge in [0, 0.05) is 6.54 Å². The van der Waals surface area contributed by atoms with Crippen LogP contribution in [0.4, 0.5) is 0 Å². The van der Waals surface area contributed by atoms with Gasteiger partial charge in [-0.15, -0.1) is 0 Å². The molecule has 2 rings (SSSR count). The van der Waals surface area contributed by atoms with E-state index in [2.05, 4.69) is 49.5 Å². The Morgan fingerprint density at radius 2 is 2.10 bits per heavy atom. The Balaban J connectivity index is 2.49. The molecule has 5 heteroatoms. The lowest BCUT2D eigenvalue weighted by Gasteiger charge is -2.20. The van der Waals surface area contributed by atoms with Crippen molar-refractivity contribution in [3.63, 3.8) is 0 Å². The Morgan fingerprint density at radius 3 is 2.67 bits per heavy atom. The summed E-state index contributed by atoms with van der Waals surface area (Å²) in [5.74, 6) is 6.58. The predicted octanol–water partition coefficient (Wildman–Crippen LogP) is 2.47. The Labute approximate surface area is 126 Å². The highest BCUT2D eigenvalue weighted by atomic mass is 16.5. The smallest absolute Gasteiger partial charge is 0.161 e. The maximum atomic E-state index is 5.83. The monoisotopic (exact) mass is 288 g/mol. The molecule has 1 atom stereocenters. The number of hydrazine groups is 1. The first-order valence-corrected chi connectivity index (χ1v) is 7.25. The molecule has 114 valence electrons. The fourth-order valence-corrected chi connectivity index (χ4v) is 2.49. The Kier molecular flexibility index (Phi) is 4.98. The molecule has 0 fully saturated rings. The molecule has 0 aliphatic rings. The Morgan fingerprint density at radius 1 is 1.33 bits per heavy atom. The molecule has 0 bridgehead atoms. The first-order chi connectivity index (χ1) is 10.1. The van der Waals surface area contributed by atoms with E-state index in [0.29, 0.717) is 0 Å². The van der Waals surface area contributed by atoms with E-state index in [9.17, 15) is 0 Å². The van der Waals surface area contributed by atoms with Gasteiger partial charge in [-0.2, -0.15) is 5.10 Å². The number of nitrogens with one attached hydrogen (secondary N) is 1. The SMILES string of the molecule is CCCn1ncc(OC)c1C(NN)c1ccc(C)c(C)c1.